The molecule has 1 atom stereocenters. The van der Waals surface area contributed by atoms with Crippen molar-refractivity contribution < 1.29 is 9.53 Å². The molecule has 98 valence electrons. The first kappa shape index (κ1) is 13.9. The number of hydrogen-bond donors (Lipinski definition) is 1. The van der Waals surface area contributed by atoms with Crippen molar-refractivity contribution in [3.05, 3.63) is 28.2 Å². The average Bonchev–Trinajstić information content (AvgIpc) is 2.77. The molecule has 0 aromatic heterocycles. The fourth-order valence-electron chi connectivity index (χ4n) is 2.24. The van der Waals surface area contributed by atoms with Crippen LogP contribution in [0.1, 0.15) is 16.8 Å². The van der Waals surface area contributed by atoms with E-state index in [-0.39, 0.29) is 5.91 Å². The molecule has 0 N–H and O–H groups in total. The van der Waals surface area contributed by atoms with Crippen molar-refractivity contribution >= 4 is 34.5 Å². The summed E-state index contributed by atoms with van der Waals surface area (Å²) in [5, 5.41) is 0. The van der Waals surface area contributed by atoms with Crippen molar-refractivity contribution in [2.75, 3.05) is 26.8 Å². The molecule has 0 bridgehead atoms. The van der Waals surface area contributed by atoms with Gasteiger partial charge >= 0.3 is 0 Å². The van der Waals surface area contributed by atoms with Crippen molar-refractivity contribution in [3.8, 4) is 0 Å². The number of thiol groups is 1. The van der Waals surface area contributed by atoms with E-state index in [0.29, 0.717) is 16.4 Å². The van der Waals surface area contributed by atoms with Gasteiger partial charge in [0.05, 0.1) is 12.2 Å². The number of benzene rings is 1. The lowest BCUT2D eigenvalue weighted by Gasteiger charge is -2.17. The van der Waals surface area contributed by atoms with Gasteiger partial charge in [-0.15, -0.1) is 12.6 Å². The first-order valence-corrected chi connectivity index (χ1v) is 7.12. The third-order valence-electron chi connectivity index (χ3n) is 3.17. The predicted molar refractivity (Wildman–Crippen MR) is 77.3 cm³/mol. The normalized spacial score (nSPS) is 19.3. The van der Waals surface area contributed by atoms with Crippen molar-refractivity contribution in [1.82, 2.24) is 4.90 Å². The van der Waals surface area contributed by atoms with Crippen LogP contribution < -0.4 is 0 Å². The SMILES string of the molecule is COCC1CCN(C(=O)c2ccc(Br)cc2S)C1. The standard InChI is InChI=1S/C13H16BrNO2S/c1-17-8-9-4-5-15(7-9)13(16)11-3-2-10(14)6-12(11)18/h2-3,6,9,18H,4-5,7-8H2,1H3. The average molecular weight is 330 g/mol. The fraction of sp³-hybridized carbons (Fsp3) is 0.462. The number of methoxy groups -OCH3 is 1. The largest absolute Gasteiger partial charge is 0.384 e. The van der Waals surface area contributed by atoms with E-state index in [0.717, 1.165) is 30.6 Å². The summed E-state index contributed by atoms with van der Waals surface area (Å²) in [6.07, 6.45) is 1.01. The van der Waals surface area contributed by atoms with Crippen LogP contribution in [0.2, 0.25) is 0 Å². The zero-order chi connectivity index (χ0) is 13.1. The molecule has 0 saturated carbocycles. The van der Waals surface area contributed by atoms with Gasteiger partial charge in [0, 0.05) is 35.5 Å². The maximum absolute atomic E-state index is 12.3. The number of hydrogen-bond acceptors (Lipinski definition) is 3. The Morgan fingerprint density at radius 2 is 2.39 bits per heavy atom. The number of nitrogens with zero attached hydrogens (tertiary/aromatic N) is 1. The lowest BCUT2D eigenvalue weighted by molar-refractivity contribution is 0.0772. The number of ether oxygens (including phenoxy) is 1. The highest BCUT2D eigenvalue weighted by Gasteiger charge is 2.27. The molecule has 0 spiro atoms. The molecule has 1 aliphatic heterocycles. The monoisotopic (exact) mass is 329 g/mol. The molecule has 1 saturated heterocycles. The van der Waals surface area contributed by atoms with E-state index in [1.165, 1.54) is 0 Å². The summed E-state index contributed by atoms with van der Waals surface area (Å²) in [5.74, 6) is 0.517. The number of likely N-dealkylation sites (tertiary alicyclic amines) is 1. The fourth-order valence-corrected chi connectivity index (χ4v) is 3.09. The van der Waals surface area contributed by atoms with E-state index >= 15 is 0 Å². The number of rotatable bonds is 3. The first-order valence-electron chi connectivity index (χ1n) is 5.88. The summed E-state index contributed by atoms with van der Waals surface area (Å²) < 4.78 is 6.07. The molecule has 0 aliphatic carbocycles. The van der Waals surface area contributed by atoms with Gasteiger partial charge in [-0.2, -0.15) is 0 Å². The second-order valence-electron chi connectivity index (χ2n) is 4.52. The molecular formula is C13H16BrNO2S. The van der Waals surface area contributed by atoms with Crippen LogP contribution in [0.15, 0.2) is 27.6 Å². The van der Waals surface area contributed by atoms with Crippen LogP contribution in [0.4, 0.5) is 0 Å². The van der Waals surface area contributed by atoms with Crippen molar-refractivity contribution in [2.45, 2.75) is 11.3 Å². The lowest BCUT2D eigenvalue weighted by Crippen LogP contribution is -2.29. The lowest BCUT2D eigenvalue weighted by atomic mass is 10.1. The summed E-state index contributed by atoms with van der Waals surface area (Å²) in [5.41, 5.74) is 0.666. The Morgan fingerprint density at radius 3 is 3.06 bits per heavy atom. The molecule has 1 unspecified atom stereocenters. The highest BCUT2D eigenvalue weighted by Crippen LogP contribution is 2.24. The van der Waals surface area contributed by atoms with E-state index in [1.807, 2.05) is 23.1 Å². The van der Waals surface area contributed by atoms with E-state index in [9.17, 15) is 4.79 Å². The Hall–Kier alpha value is -0.520. The topological polar surface area (TPSA) is 29.5 Å². The highest BCUT2D eigenvalue weighted by atomic mass is 79.9. The van der Waals surface area contributed by atoms with Crippen LogP contribution in [0, 0.1) is 5.92 Å². The minimum atomic E-state index is 0.0612. The van der Waals surface area contributed by atoms with Gasteiger partial charge in [-0.25, -0.2) is 0 Å². The minimum absolute atomic E-state index is 0.0612. The second-order valence-corrected chi connectivity index (χ2v) is 5.92. The van der Waals surface area contributed by atoms with Crippen LogP contribution in [0.25, 0.3) is 0 Å². The van der Waals surface area contributed by atoms with Crippen LogP contribution in [-0.4, -0.2) is 37.6 Å². The molecule has 0 radical (unpaired) electrons. The summed E-state index contributed by atoms with van der Waals surface area (Å²) in [6.45, 7) is 2.30. The van der Waals surface area contributed by atoms with Gasteiger partial charge in [-0.05, 0) is 24.6 Å². The van der Waals surface area contributed by atoms with Crippen LogP contribution in [0.3, 0.4) is 0 Å². The second kappa shape index (κ2) is 6.08. The zero-order valence-electron chi connectivity index (χ0n) is 10.2. The molecule has 1 aromatic rings. The highest BCUT2D eigenvalue weighted by molar-refractivity contribution is 9.10. The first-order chi connectivity index (χ1) is 8.61. The van der Waals surface area contributed by atoms with Crippen LogP contribution in [0.5, 0.6) is 0 Å². The summed E-state index contributed by atoms with van der Waals surface area (Å²) in [6, 6.07) is 5.53. The van der Waals surface area contributed by atoms with Crippen molar-refractivity contribution in [3.63, 3.8) is 0 Å². The van der Waals surface area contributed by atoms with E-state index in [4.69, 9.17) is 4.74 Å². The molecule has 1 heterocycles. The van der Waals surface area contributed by atoms with Crippen molar-refractivity contribution in [2.24, 2.45) is 5.92 Å². The minimum Gasteiger partial charge on any atom is -0.384 e. The number of halogens is 1. The molecule has 1 fully saturated rings. The van der Waals surface area contributed by atoms with Gasteiger partial charge in [0.25, 0.3) is 5.91 Å². The van der Waals surface area contributed by atoms with Gasteiger partial charge < -0.3 is 9.64 Å². The third kappa shape index (κ3) is 3.08. The quantitative estimate of drug-likeness (QED) is 0.864. The van der Waals surface area contributed by atoms with E-state index in [2.05, 4.69) is 28.6 Å². The maximum atomic E-state index is 12.3. The number of carbonyl (C=O) groups is 1. The van der Waals surface area contributed by atoms with Gasteiger partial charge in [-0.1, -0.05) is 15.9 Å². The molecule has 1 aliphatic rings. The number of amides is 1. The molecule has 3 nitrogen and oxygen atoms in total. The summed E-state index contributed by atoms with van der Waals surface area (Å²) in [7, 11) is 1.70. The van der Waals surface area contributed by atoms with Gasteiger partial charge in [0.1, 0.15) is 0 Å². The molecular weight excluding hydrogens is 314 g/mol. The van der Waals surface area contributed by atoms with E-state index < -0.39 is 0 Å². The van der Waals surface area contributed by atoms with Crippen LogP contribution >= 0.6 is 28.6 Å². The number of carbonyl (C=O) groups excluding carboxylic acids is 1. The van der Waals surface area contributed by atoms with Gasteiger partial charge in [0.15, 0.2) is 0 Å². The maximum Gasteiger partial charge on any atom is 0.254 e. The third-order valence-corrected chi connectivity index (χ3v) is 4.03. The van der Waals surface area contributed by atoms with Gasteiger partial charge in [0.2, 0.25) is 0 Å². The Morgan fingerprint density at radius 1 is 1.61 bits per heavy atom. The van der Waals surface area contributed by atoms with Crippen LogP contribution in [-0.2, 0) is 4.74 Å². The predicted octanol–water partition coefficient (Wildman–Crippen LogP) is 2.85. The summed E-state index contributed by atoms with van der Waals surface area (Å²) >= 11 is 7.73. The van der Waals surface area contributed by atoms with E-state index in [1.54, 1.807) is 7.11 Å². The summed E-state index contributed by atoms with van der Waals surface area (Å²) in [4.78, 5) is 14.9. The Labute approximate surface area is 121 Å². The molecule has 1 amide bonds. The Balaban J connectivity index is 2.08. The zero-order valence-corrected chi connectivity index (χ0v) is 12.7. The molecule has 5 heteroatoms. The molecule has 18 heavy (non-hydrogen) atoms. The van der Waals surface area contributed by atoms with Gasteiger partial charge in [-0.3, -0.25) is 4.79 Å². The smallest absolute Gasteiger partial charge is 0.254 e. The molecule has 1 aromatic carbocycles. The Bertz CT molecular complexity index is 453. The molecule has 2 rings (SSSR count). The van der Waals surface area contributed by atoms with Crippen molar-refractivity contribution in [1.29, 1.82) is 0 Å². The Kier molecular flexibility index (Phi) is 4.70.